The van der Waals surface area contributed by atoms with E-state index in [0.717, 1.165) is 4.90 Å². The van der Waals surface area contributed by atoms with Crippen LogP contribution >= 0.6 is 0 Å². The lowest BCUT2D eigenvalue weighted by Crippen LogP contribution is -2.39. The van der Waals surface area contributed by atoms with Crippen LogP contribution in [-0.2, 0) is 19.6 Å². The fourth-order valence-corrected chi connectivity index (χ4v) is 3.69. The molecule has 8 nitrogen and oxygen atoms in total. The number of carboxylic acid groups (broad SMARTS) is 1. The standard InChI is InChI=1S/C16H21FN2O6S/c1-11-3-4-12(26(23,24)18-6-8-25-2)9-13(11)14(20)19-7-5-16(17,10-19)15(21)22/h3-4,9,18H,5-8,10H2,1-2H3,(H,21,22). The molecular weight excluding hydrogens is 367 g/mol. The number of carbonyl (C=O) groups is 2. The van der Waals surface area contributed by atoms with Gasteiger partial charge in [-0.05, 0) is 24.6 Å². The average molecular weight is 388 g/mol. The van der Waals surface area contributed by atoms with Crippen molar-refractivity contribution in [2.24, 2.45) is 0 Å². The summed E-state index contributed by atoms with van der Waals surface area (Å²) in [7, 11) is -2.39. The zero-order valence-corrected chi connectivity index (χ0v) is 15.3. The van der Waals surface area contributed by atoms with Gasteiger partial charge in [0.2, 0.25) is 15.7 Å². The molecule has 2 rings (SSSR count). The summed E-state index contributed by atoms with van der Waals surface area (Å²) in [6.07, 6.45) is -0.302. The van der Waals surface area contributed by atoms with Crippen LogP contribution in [0.3, 0.4) is 0 Å². The second-order valence-corrected chi connectivity index (χ2v) is 7.88. The molecule has 1 aliphatic rings. The van der Waals surface area contributed by atoms with E-state index < -0.39 is 34.1 Å². The van der Waals surface area contributed by atoms with Crippen LogP contribution < -0.4 is 4.72 Å². The van der Waals surface area contributed by atoms with Crippen molar-refractivity contribution in [3.63, 3.8) is 0 Å². The maximum absolute atomic E-state index is 14.2. The second-order valence-electron chi connectivity index (χ2n) is 6.11. The highest BCUT2D eigenvalue weighted by molar-refractivity contribution is 7.89. The number of likely N-dealkylation sites (tertiary alicyclic amines) is 1. The summed E-state index contributed by atoms with van der Waals surface area (Å²) in [6.45, 7) is 1.27. The Morgan fingerprint density at radius 1 is 1.42 bits per heavy atom. The number of amides is 1. The van der Waals surface area contributed by atoms with E-state index >= 15 is 0 Å². The van der Waals surface area contributed by atoms with E-state index in [9.17, 15) is 22.4 Å². The van der Waals surface area contributed by atoms with E-state index in [1.165, 1.54) is 25.3 Å². The highest BCUT2D eigenvalue weighted by Gasteiger charge is 2.47. The van der Waals surface area contributed by atoms with Crippen LogP contribution in [-0.4, -0.2) is 69.3 Å². The van der Waals surface area contributed by atoms with Crippen LogP contribution in [0, 0.1) is 6.92 Å². The Balaban J connectivity index is 2.25. The molecule has 1 fully saturated rings. The summed E-state index contributed by atoms with van der Waals surface area (Å²) in [5.41, 5.74) is -1.87. The van der Waals surface area contributed by atoms with Crippen LogP contribution in [0.1, 0.15) is 22.3 Å². The average Bonchev–Trinajstić information content (AvgIpc) is 2.98. The largest absolute Gasteiger partial charge is 0.479 e. The molecule has 0 spiro atoms. The van der Waals surface area contributed by atoms with E-state index in [4.69, 9.17) is 9.84 Å². The number of carboxylic acids is 1. The number of methoxy groups -OCH3 is 1. The lowest BCUT2D eigenvalue weighted by molar-refractivity contribution is -0.149. The van der Waals surface area contributed by atoms with Crippen LogP contribution in [0.5, 0.6) is 0 Å². The van der Waals surface area contributed by atoms with Gasteiger partial charge in [-0.2, -0.15) is 0 Å². The van der Waals surface area contributed by atoms with Gasteiger partial charge < -0.3 is 14.7 Å². The molecule has 0 bridgehead atoms. The van der Waals surface area contributed by atoms with Crippen molar-refractivity contribution in [2.75, 3.05) is 33.4 Å². The van der Waals surface area contributed by atoms with E-state index in [-0.39, 0.29) is 36.6 Å². The highest BCUT2D eigenvalue weighted by atomic mass is 32.2. The number of rotatable bonds is 7. The molecule has 1 aromatic carbocycles. The van der Waals surface area contributed by atoms with E-state index in [1.807, 2.05) is 0 Å². The molecule has 1 amide bonds. The Morgan fingerprint density at radius 2 is 2.12 bits per heavy atom. The predicted octanol–water partition coefficient (Wildman–Crippen LogP) is 0.559. The van der Waals surface area contributed by atoms with Crippen LogP contribution in [0.4, 0.5) is 4.39 Å². The van der Waals surface area contributed by atoms with Crippen molar-refractivity contribution < 1.29 is 32.2 Å². The third-order valence-electron chi connectivity index (χ3n) is 4.24. The molecule has 0 radical (unpaired) electrons. The molecule has 0 saturated carbocycles. The maximum atomic E-state index is 14.2. The zero-order chi connectivity index (χ0) is 19.5. The van der Waals surface area contributed by atoms with Gasteiger partial charge in [0.25, 0.3) is 5.91 Å². The van der Waals surface area contributed by atoms with Crippen molar-refractivity contribution in [1.82, 2.24) is 9.62 Å². The zero-order valence-electron chi connectivity index (χ0n) is 14.5. The van der Waals surface area contributed by atoms with E-state index in [0.29, 0.717) is 5.56 Å². The van der Waals surface area contributed by atoms with Crippen LogP contribution in [0.2, 0.25) is 0 Å². The monoisotopic (exact) mass is 388 g/mol. The van der Waals surface area contributed by atoms with Gasteiger partial charge >= 0.3 is 5.97 Å². The number of sulfonamides is 1. The van der Waals surface area contributed by atoms with Gasteiger partial charge in [0.1, 0.15) is 0 Å². The first-order valence-electron chi connectivity index (χ1n) is 7.91. The first-order valence-corrected chi connectivity index (χ1v) is 9.40. The number of hydrogen-bond acceptors (Lipinski definition) is 5. The normalized spacial score (nSPS) is 20.3. The van der Waals surface area contributed by atoms with Crippen molar-refractivity contribution in [1.29, 1.82) is 0 Å². The third kappa shape index (κ3) is 4.19. The number of alkyl halides is 1. The number of nitrogens with one attached hydrogen (secondary N) is 1. The number of nitrogens with zero attached hydrogens (tertiary/aromatic N) is 1. The lowest BCUT2D eigenvalue weighted by atomic mass is 10.1. The molecule has 144 valence electrons. The van der Waals surface area contributed by atoms with Crippen LogP contribution in [0.15, 0.2) is 23.1 Å². The van der Waals surface area contributed by atoms with Crippen molar-refractivity contribution in [2.45, 2.75) is 23.9 Å². The van der Waals surface area contributed by atoms with Gasteiger partial charge in [-0.15, -0.1) is 0 Å². The molecule has 1 unspecified atom stereocenters. The topological polar surface area (TPSA) is 113 Å². The van der Waals surface area contributed by atoms with Crippen molar-refractivity contribution in [3.8, 4) is 0 Å². The number of hydrogen-bond donors (Lipinski definition) is 2. The van der Waals surface area contributed by atoms with Crippen LogP contribution in [0.25, 0.3) is 0 Å². The molecule has 10 heteroatoms. The summed E-state index contributed by atoms with van der Waals surface area (Å²) in [4.78, 5) is 24.6. The molecule has 1 saturated heterocycles. The van der Waals surface area contributed by atoms with Gasteiger partial charge in [0.15, 0.2) is 0 Å². The fourth-order valence-electron chi connectivity index (χ4n) is 2.65. The molecule has 2 N–H and O–H groups in total. The van der Waals surface area contributed by atoms with E-state index in [1.54, 1.807) is 6.92 Å². The number of halogens is 1. The van der Waals surface area contributed by atoms with E-state index in [2.05, 4.69) is 4.72 Å². The third-order valence-corrected chi connectivity index (χ3v) is 5.70. The summed E-state index contributed by atoms with van der Waals surface area (Å²) < 4.78 is 45.9. The number of ether oxygens (including phenoxy) is 1. The number of benzene rings is 1. The second kappa shape index (κ2) is 7.68. The minimum atomic E-state index is -3.83. The predicted molar refractivity (Wildman–Crippen MR) is 90.2 cm³/mol. The van der Waals surface area contributed by atoms with Gasteiger partial charge in [0.05, 0.1) is 18.0 Å². The number of aliphatic carboxylic acids is 1. The Hall–Kier alpha value is -2.04. The first-order chi connectivity index (χ1) is 12.1. The smallest absolute Gasteiger partial charge is 0.343 e. The van der Waals surface area contributed by atoms with Crippen molar-refractivity contribution >= 4 is 21.9 Å². The number of carbonyl (C=O) groups excluding carboxylic acids is 1. The Labute approximate surface area is 151 Å². The Kier molecular flexibility index (Phi) is 5.99. The molecule has 1 atom stereocenters. The minimum Gasteiger partial charge on any atom is -0.479 e. The van der Waals surface area contributed by atoms with Gasteiger partial charge in [0, 0.05) is 32.2 Å². The van der Waals surface area contributed by atoms with Gasteiger partial charge in [-0.1, -0.05) is 6.07 Å². The first kappa shape index (κ1) is 20.3. The van der Waals surface area contributed by atoms with Gasteiger partial charge in [-0.25, -0.2) is 22.3 Å². The minimum absolute atomic E-state index is 0.0514. The molecule has 1 aliphatic heterocycles. The molecule has 26 heavy (non-hydrogen) atoms. The maximum Gasteiger partial charge on any atom is 0.343 e. The Bertz CT molecular complexity index is 813. The SMILES string of the molecule is COCCNS(=O)(=O)c1ccc(C)c(C(=O)N2CCC(F)(C(=O)O)C2)c1. The number of aryl methyl sites for hydroxylation is 1. The molecule has 0 aromatic heterocycles. The molecule has 0 aliphatic carbocycles. The lowest BCUT2D eigenvalue weighted by Gasteiger charge is -2.19. The summed E-state index contributed by atoms with van der Waals surface area (Å²) in [5.74, 6) is -2.21. The summed E-state index contributed by atoms with van der Waals surface area (Å²) >= 11 is 0. The quantitative estimate of drug-likeness (QED) is 0.660. The fraction of sp³-hybridized carbons (Fsp3) is 0.500. The summed E-state index contributed by atoms with van der Waals surface area (Å²) in [5, 5.41) is 8.94. The summed E-state index contributed by atoms with van der Waals surface area (Å²) in [6, 6.07) is 4.06. The highest BCUT2D eigenvalue weighted by Crippen LogP contribution is 2.28. The van der Waals surface area contributed by atoms with Crippen molar-refractivity contribution in [3.05, 3.63) is 29.3 Å². The van der Waals surface area contributed by atoms with Gasteiger partial charge in [-0.3, -0.25) is 4.79 Å². The molecule has 1 heterocycles. The molecule has 1 aromatic rings. The Morgan fingerprint density at radius 3 is 2.69 bits per heavy atom. The molecular formula is C16H21FN2O6S.